The lowest BCUT2D eigenvalue weighted by molar-refractivity contribution is -0.139. The Morgan fingerprint density at radius 2 is 1.97 bits per heavy atom. The fourth-order valence-corrected chi connectivity index (χ4v) is 4.98. The van der Waals surface area contributed by atoms with Crippen molar-refractivity contribution in [2.45, 2.75) is 19.9 Å². The zero-order chi connectivity index (χ0) is 24.9. The zero-order valence-corrected chi connectivity index (χ0v) is 20.6. The molecular formula is C27H26N2O5S. The van der Waals surface area contributed by atoms with Gasteiger partial charge in [0, 0.05) is 0 Å². The van der Waals surface area contributed by atoms with Crippen LogP contribution in [0.4, 0.5) is 0 Å². The van der Waals surface area contributed by atoms with Gasteiger partial charge >= 0.3 is 5.97 Å². The highest BCUT2D eigenvalue weighted by atomic mass is 32.1. The van der Waals surface area contributed by atoms with Gasteiger partial charge in [0.05, 0.1) is 35.6 Å². The molecule has 2 heterocycles. The standard InChI is InChI=1S/C27H26N2O5S/c1-5-14-34-20-13-12-18(15-21(20)32-4)16-22-25(30)29-24(19-10-8-7-9-11-19)23(26(31)33-6-2)17(3)28-27(29)35-22/h5,7-13,15-16,24H,1,6,14H2,2-4H3/b22-16-/t24-/m1/s1. The minimum Gasteiger partial charge on any atom is -0.493 e. The Balaban J connectivity index is 1.86. The monoisotopic (exact) mass is 490 g/mol. The topological polar surface area (TPSA) is 79.1 Å². The number of hydrogen-bond acceptors (Lipinski definition) is 7. The number of fused-ring (bicyclic) bond motifs is 1. The summed E-state index contributed by atoms with van der Waals surface area (Å²) in [5, 5.41) is 0. The number of thiazole rings is 1. The predicted octanol–water partition coefficient (Wildman–Crippen LogP) is 3.37. The highest BCUT2D eigenvalue weighted by molar-refractivity contribution is 7.07. The van der Waals surface area contributed by atoms with E-state index in [0.29, 0.717) is 38.7 Å². The van der Waals surface area contributed by atoms with Gasteiger partial charge in [-0.15, -0.1) is 0 Å². The molecule has 1 aliphatic heterocycles. The third kappa shape index (κ3) is 4.83. The van der Waals surface area contributed by atoms with Crippen molar-refractivity contribution in [3.63, 3.8) is 0 Å². The first-order valence-electron chi connectivity index (χ1n) is 11.1. The first-order chi connectivity index (χ1) is 17.0. The Bertz CT molecular complexity index is 1470. The average Bonchev–Trinajstić information content (AvgIpc) is 3.17. The maximum atomic E-state index is 13.6. The quantitative estimate of drug-likeness (QED) is 0.357. The Labute approximate surface area is 206 Å². The van der Waals surface area contributed by atoms with Gasteiger partial charge in [0.25, 0.3) is 5.56 Å². The van der Waals surface area contributed by atoms with Gasteiger partial charge in [-0.1, -0.05) is 60.4 Å². The molecule has 0 saturated carbocycles. The Morgan fingerprint density at radius 1 is 1.20 bits per heavy atom. The van der Waals surface area contributed by atoms with Crippen LogP contribution in [0.3, 0.4) is 0 Å². The lowest BCUT2D eigenvalue weighted by atomic mass is 9.96. The summed E-state index contributed by atoms with van der Waals surface area (Å²) in [4.78, 5) is 31.7. The number of nitrogens with zero attached hydrogens (tertiary/aromatic N) is 2. The molecule has 35 heavy (non-hydrogen) atoms. The maximum Gasteiger partial charge on any atom is 0.338 e. The van der Waals surface area contributed by atoms with Crippen molar-refractivity contribution < 1.29 is 19.0 Å². The Kier molecular flexibility index (Phi) is 7.31. The second-order valence-corrected chi connectivity index (χ2v) is 8.73. The molecule has 0 amide bonds. The molecular weight excluding hydrogens is 464 g/mol. The molecule has 3 aromatic rings. The second-order valence-electron chi connectivity index (χ2n) is 7.72. The first-order valence-corrected chi connectivity index (χ1v) is 12.0. The fraction of sp³-hybridized carbons (Fsp3) is 0.222. The minimum absolute atomic E-state index is 0.232. The highest BCUT2D eigenvalue weighted by Gasteiger charge is 2.33. The van der Waals surface area contributed by atoms with Crippen LogP contribution in [0.15, 0.2) is 82.2 Å². The number of hydrogen-bond donors (Lipinski definition) is 0. The van der Waals surface area contributed by atoms with Crippen LogP contribution in [0.2, 0.25) is 0 Å². The molecule has 2 aromatic carbocycles. The van der Waals surface area contributed by atoms with E-state index in [-0.39, 0.29) is 12.2 Å². The number of benzene rings is 2. The van der Waals surface area contributed by atoms with Gasteiger partial charge in [-0.25, -0.2) is 9.79 Å². The molecule has 0 unspecified atom stereocenters. The van der Waals surface area contributed by atoms with Gasteiger partial charge in [0.2, 0.25) is 0 Å². The van der Waals surface area contributed by atoms with Crippen molar-refractivity contribution in [2.24, 2.45) is 4.99 Å². The van der Waals surface area contributed by atoms with Crippen LogP contribution in [0.5, 0.6) is 11.5 Å². The summed E-state index contributed by atoms with van der Waals surface area (Å²) >= 11 is 1.27. The van der Waals surface area contributed by atoms with Crippen molar-refractivity contribution in [1.82, 2.24) is 4.57 Å². The van der Waals surface area contributed by atoms with Gasteiger partial charge in [-0.3, -0.25) is 9.36 Å². The molecule has 1 aromatic heterocycles. The first kappa shape index (κ1) is 24.2. The van der Waals surface area contributed by atoms with Crippen LogP contribution < -0.4 is 24.4 Å². The third-order valence-corrected chi connectivity index (χ3v) is 6.46. The molecule has 0 bridgehead atoms. The van der Waals surface area contributed by atoms with Crippen molar-refractivity contribution in [3.05, 3.63) is 103 Å². The lowest BCUT2D eigenvalue weighted by Gasteiger charge is -2.24. The van der Waals surface area contributed by atoms with Crippen LogP contribution in [0, 0.1) is 0 Å². The van der Waals surface area contributed by atoms with E-state index in [0.717, 1.165) is 11.1 Å². The predicted molar refractivity (Wildman–Crippen MR) is 136 cm³/mol. The van der Waals surface area contributed by atoms with Gasteiger partial charge in [0.15, 0.2) is 16.3 Å². The number of esters is 1. The molecule has 0 radical (unpaired) electrons. The second kappa shape index (κ2) is 10.6. The Morgan fingerprint density at radius 3 is 2.66 bits per heavy atom. The van der Waals surface area contributed by atoms with E-state index in [1.807, 2.05) is 36.4 Å². The van der Waals surface area contributed by atoms with Crippen LogP contribution in [0.1, 0.15) is 31.0 Å². The highest BCUT2D eigenvalue weighted by Crippen LogP contribution is 2.31. The van der Waals surface area contributed by atoms with E-state index in [1.54, 1.807) is 49.8 Å². The number of rotatable bonds is 8. The van der Waals surface area contributed by atoms with Crippen LogP contribution in [-0.2, 0) is 9.53 Å². The van der Waals surface area contributed by atoms with E-state index >= 15 is 0 Å². The molecule has 0 spiro atoms. The molecule has 0 saturated heterocycles. The van der Waals surface area contributed by atoms with Crippen molar-refractivity contribution >= 4 is 23.4 Å². The van der Waals surface area contributed by atoms with E-state index in [4.69, 9.17) is 14.2 Å². The molecule has 8 heteroatoms. The molecule has 1 aliphatic rings. The maximum absolute atomic E-state index is 13.6. The summed E-state index contributed by atoms with van der Waals surface area (Å²) in [5.41, 5.74) is 2.25. The molecule has 180 valence electrons. The smallest absolute Gasteiger partial charge is 0.338 e. The zero-order valence-electron chi connectivity index (χ0n) is 19.8. The molecule has 0 N–H and O–H groups in total. The molecule has 1 atom stereocenters. The summed E-state index contributed by atoms with van der Waals surface area (Å²) in [6.45, 7) is 7.77. The van der Waals surface area contributed by atoms with Gasteiger partial charge in [0.1, 0.15) is 6.61 Å². The van der Waals surface area contributed by atoms with Crippen molar-refractivity contribution in [1.29, 1.82) is 0 Å². The van der Waals surface area contributed by atoms with Gasteiger partial charge in [-0.2, -0.15) is 0 Å². The van der Waals surface area contributed by atoms with E-state index in [9.17, 15) is 9.59 Å². The normalized spacial score (nSPS) is 15.3. The van der Waals surface area contributed by atoms with Crippen LogP contribution in [-0.4, -0.2) is 30.9 Å². The summed E-state index contributed by atoms with van der Waals surface area (Å²) in [7, 11) is 1.56. The molecule has 0 fully saturated rings. The summed E-state index contributed by atoms with van der Waals surface area (Å²) < 4.78 is 18.4. The number of carbonyl (C=O) groups is 1. The summed E-state index contributed by atoms with van der Waals surface area (Å²) in [6.07, 6.45) is 3.44. The molecule has 7 nitrogen and oxygen atoms in total. The summed E-state index contributed by atoms with van der Waals surface area (Å²) in [5.74, 6) is 0.664. The summed E-state index contributed by atoms with van der Waals surface area (Å²) in [6, 6.07) is 14.3. The number of aromatic nitrogens is 1. The minimum atomic E-state index is -0.627. The van der Waals surface area contributed by atoms with Crippen LogP contribution >= 0.6 is 11.3 Å². The van der Waals surface area contributed by atoms with Gasteiger partial charge < -0.3 is 14.2 Å². The van der Waals surface area contributed by atoms with E-state index < -0.39 is 12.0 Å². The number of ether oxygens (including phenoxy) is 3. The van der Waals surface area contributed by atoms with E-state index in [1.165, 1.54) is 11.3 Å². The lowest BCUT2D eigenvalue weighted by Crippen LogP contribution is -2.39. The largest absolute Gasteiger partial charge is 0.493 e. The fourth-order valence-electron chi connectivity index (χ4n) is 3.94. The SMILES string of the molecule is C=CCOc1ccc(/C=c2\sc3n(c2=O)[C@H](c2ccccc2)C(C(=O)OCC)=C(C)N=3)cc1OC. The van der Waals surface area contributed by atoms with Crippen LogP contribution in [0.25, 0.3) is 6.08 Å². The molecule has 4 rings (SSSR count). The van der Waals surface area contributed by atoms with Crippen molar-refractivity contribution in [3.8, 4) is 11.5 Å². The number of carbonyl (C=O) groups excluding carboxylic acids is 1. The van der Waals surface area contributed by atoms with Crippen molar-refractivity contribution in [2.75, 3.05) is 20.3 Å². The van der Waals surface area contributed by atoms with E-state index in [2.05, 4.69) is 11.6 Å². The third-order valence-electron chi connectivity index (χ3n) is 5.47. The average molecular weight is 491 g/mol. The Hall–Kier alpha value is -3.91. The number of allylic oxidation sites excluding steroid dienone is 1. The number of methoxy groups -OCH3 is 1. The van der Waals surface area contributed by atoms with Gasteiger partial charge in [-0.05, 0) is 43.2 Å². The molecule has 0 aliphatic carbocycles.